The Labute approximate surface area is 74.3 Å². The van der Waals surface area contributed by atoms with Gasteiger partial charge < -0.3 is 8.54 Å². The second-order valence-electron chi connectivity index (χ2n) is 3.54. The molecule has 1 atom stereocenters. The summed E-state index contributed by atoms with van der Waals surface area (Å²) in [6, 6.07) is 0. The van der Waals surface area contributed by atoms with Gasteiger partial charge in [-0.1, -0.05) is 13.1 Å². The van der Waals surface area contributed by atoms with E-state index < -0.39 is 25.4 Å². The summed E-state index contributed by atoms with van der Waals surface area (Å²) in [4.78, 5) is 0. The van der Waals surface area contributed by atoms with E-state index in [1.165, 1.54) is 0 Å². The molecule has 0 aliphatic carbocycles. The summed E-state index contributed by atoms with van der Waals surface area (Å²) < 4.78 is 11.5. The molecule has 5 heteroatoms. The van der Waals surface area contributed by atoms with Gasteiger partial charge in [0.1, 0.15) is 0 Å². The number of hydrogen-bond acceptors (Lipinski definition) is 2. The van der Waals surface area contributed by atoms with Gasteiger partial charge in [-0.3, -0.25) is 0 Å². The maximum Gasteiger partial charge on any atom is 0.298 e. The Kier molecular flexibility index (Phi) is 4.80. The topological polar surface area (TPSA) is 18.5 Å². The van der Waals surface area contributed by atoms with E-state index in [0.717, 1.165) is 0 Å². The summed E-state index contributed by atoms with van der Waals surface area (Å²) >= 11 is 0. The average molecular weight is 208 g/mol. The van der Waals surface area contributed by atoms with Crippen molar-refractivity contribution in [1.82, 2.24) is 0 Å². The minimum absolute atomic E-state index is 0.727. The van der Waals surface area contributed by atoms with Crippen LogP contribution in [0.15, 0.2) is 0 Å². The van der Waals surface area contributed by atoms with Crippen LogP contribution >= 0.6 is 0 Å². The molecule has 0 aromatic rings. The van der Waals surface area contributed by atoms with Crippen molar-refractivity contribution < 1.29 is 8.54 Å². The maximum absolute atomic E-state index is 5.97. The van der Waals surface area contributed by atoms with Crippen LogP contribution in [0.4, 0.5) is 0 Å². The SMILES string of the molecule is CO[Si](C)(O[SiH](C)C)[SiH](C)C. The first-order valence-electron chi connectivity index (χ1n) is 4.15. The summed E-state index contributed by atoms with van der Waals surface area (Å²) in [7, 11) is -1.49. The molecule has 0 amide bonds. The molecular formula is C6H20O2Si3. The molecule has 0 fully saturated rings. The van der Waals surface area contributed by atoms with Crippen LogP contribution in [0.25, 0.3) is 0 Å². The van der Waals surface area contributed by atoms with Gasteiger partial charge >= 0.3 is 0 Å². The van der Waals surface area contributed by atoms with Gasteiger partial charge in [0.15, 0.2) is 9.04 Å². The highest BCUT2D eigenvalue weighted by atomic mass is 29.3. The summed E-state index contributed by atoms with van der Waals surface area (Å²) in [6.07, 6.45) is 0. The van der Waals surface area contributed by atoms with Crippen LogP contribution < -0.4 is 0 Å². The van der Waals surface area contributed by atoms with E-state index in [4.69, 9.17) is 8.54 Å². The Morgan fingerprint density at radius 1 is 1.09 bits per heavy atom. The first-order chi connectivity index (χ1) is 4.92. The average Bonchev–Trinajstić information content (AvgIpc) is 1.86. The minimum atomic E-state index is -1.66. The third-order valence-electron chi connectivity index (χ3n) is 1.92. The largest absolute Gasteiger partial charge is 0.441 e. The normalized spacial score (nSPS) is 17.5. The molecule has 0 aliphatic rings. The van der Waals surface area contributed by atoms with Crippen LogP contribution in [0, 0.1) is 0 Å². The molecule has 0 bridgehead atoms. The van der Waals surface area contributed by atoms with Crippen LogP contribution in [0.1, 0.15) is 0 Å². The van der Waals surface area contributed by atoms with Crippen molar-refractivity contribution in [3.8, 4) is 0 Å². The Balaban J connectivity index is 4.10. The lowest BCUT2D eigenvalue weighted by Crippen LogP contribution is -2.52. The molecule has 0 aromatic carbocycles. The summed E-state index contributed by atoms with van der Waals surface area (Å²) in [5.41, 5.74) is 0. The van der Waals surface area contributed by atoms with Gasteiger partial charge in [0.05, 0.1) is 8.31 Å². The van der Waals surface area contributed by atoms with Gasteiger partial charge in [-0.05, 0) is 19.6 Å². The zero-order valence-electron chi connectivity index (χ0n) is 8.47. The molecule has 0 N–H and O–H groups in total. The quantitative estimate of drug-likeness (QED) is 0.648. The Morgan fingerprint density at radius 3 is 1.64 bits per heavy atom. The van der Waals surface area contributed by atoms with Crippen molar-refractivity contribution in [2.24, 2.45) is 0 Å². The molecule has 0 spiro atoms. The van der Waals surface area contributed by atoms with Crippen molar-refractivity contribution >= 4 is 25.4 Å². The van der Waals surface area contributed by atoms with Crippen molar-refractivity contribution in [3.05, 3.63) is 0 Å². The predicted molar refractivity (Wildman–Crippen MR) is 57.5 cm³/mol. The van der Waals surface area contributed by atoms with Crippen LogP contribution in [0.2, 0.25) is 32.7 Å². The first kappa shape index (κ1) is 11.6. The lowest BCUT2D eigenvalue weighted by molar-refractivity contribution is 0.331. The molecule has 0 rings (SSSR count). The Morgan fingerprint density at radius 2 is 1.55 bits per heavy atom. The number of rotatable bonds is 4. The highest BCUT2D eigenvalue weighted by Crippen LogP contribution is 2.11. The van der Waals surface area contributed by atoms with E-state index in [-0.39, 0.29) is 0 Å². The third-order valence-corrected chi connectivity index (χ3v) is 16.8. The molecule has 0 heterocycles. The molecule has 0 saturated carbocycles. The second kappa shape index (κ2) is 4.56. The third kappa shape index (κ3) is 3.66. The molecule has 0 radical (unpaired) electrons. The van der Waals surface area contributed by atoms with Crippen LogP contribution in [-0.2, 0) is 8.54 Å². The molecule has 2 nitrogen and oxygen atoms in total. The molecule has 0 aliphatic heterocycles. The maximum atomic E-state index is 5.97. The predicted octanol–water partition coefficient (Wildman–Crippen LogP) is 1.27. The molecule has 1 unspecified atom stereocenters. The Bertz CT molecular complexity index is 118. The Hall–Kier alpha value is 0.571. The van der Waals surface area contributed by atoms with E-state index in [1.807, 2.05) is 0 Å². The molecular weight excluding hydrogens is 188 g/mol. The standard InChI is InChI=1S/C6H20O2Si3/c1-7-11(6,10(4)5)8-9(2)3/h9-10H,1-6H3. The van der Waals surface area contributed by atoms with Gasteiger partial charge in [-0.25, -0.2) is 0 Å². The molecule has 0 saturated heterocycles. The summed E-state index contributed by atoms with van der Waals surface area (Å²) in [5.74, 6) is 0. The van der Waals surface area contributed by atoms with Gasteiger partial charge in [0, 0.05) is 7.11 Å². The molecule has 0 aromatic heterocycles. The van der Waals surface area contributed by atoms with Gasteiger partial charge in [0.2, 0.25) is 0 Å². The van der Waals surface area contributed by atoms with Crippen LogP contribution in [-0.4, -0.2) is 32.5 Å². The van der Waals surface area contributed by atoms with E-state index in [0.29, 0.717) is 0 Å². The number of hydrogen-bond donors (Lipinski definition) is 0. The second-order valence-corrected chi connectivity index (χ2v) is 17.9. The molecule has 11 heavy (non-hydrogen) atoms. The van der Waals surface area contributed by atoms with Crippen LogP contribution in [0.3, 0.4) is 0 Å². The fourth-order valence-corrected chi connectivity index (χ4v) is 12.9. The zero-order chi connectivity index (χ0) is 9.07. The van der Waals surface area contributed by atoms with E-state index >= 15 is 0 Å². The van der Waals surface area contributed by atoms with Crippen molar-refractivity contribution in [3.63, 3.8) is 0 Å². The highest BCUT2D eigenvalue weighted by Gasteiger charge is 2.35. The fourth-order valence-electron chi connectivity index (χ4n) is 0.888. The van der Waals surface area contributed by atoms with Crippen molar-refractivity contribution in [1.29, 1.82) is 0 Å². The summed E-state index contributed by atoms with van der Waals surface area (Å²) in [6.45, 7) is 11.2. The monoisotopic (exact) mass is 208 g/mol. The fraction of sp³-hybridized carbons (Fsp3) is 1.00. The highest BCUT2D eigenvalue weighted by molar-refractivity contribution is 7.27. The first-order valence-corrected chi connectivity index (χ1v) is 13.4. The van der Waals surface area contributed by atoms with E-state index in [2.05, 4.69) is 32.7 Å². The van der Waals surface area contributed by atoms with Crippen molar-refractivity contribution in [2.75, 3.05) is 7.11 Å². The minimum Gasteiger partial charge on any atom is -0.441 e. The smallest absolute Gasteiger partial charge is 0.298 e. The van der Waals surface area contributed by atoms with Gasteiger partial charge in [-0.15, -0.1) is 0 Å². The zero-order valence-corrected chi connectivity index (χ0v) is 11.8. The van der Waals surface area contributed by atoms with Gasteiger partial charge in [-0.2, -0.15) is 0 Å². The van der Waals surface area contributed by atoms with Crippen LogP contribution in [0.5, 0.6) is 0 Å². The van der Waals surface area contributed by atoms with Crippen molar-refractivity contribution in [2.45, 2.75) is 32.7 Å². The van der Waals surface area contributed by atoms with E-state index in [9.17, 15) is 0 Å². The lowest BCUT2D eigenvalue weighted by atomic mass is 11.8. The van der Waals surface area contributed by atoms with Gasteiger partial charge in [0.25, 0.3) is 8.08 Å². The molecule has 68 valence electrons. The summed E-state index contributed by atoms with van der Waals surface area (Å²) in [5, 5.41) is 0. The van der Waals surface area contributed by atoms with E-state index in [1.54, 1.807) is 7.11 Å². The lowest BCUT2D eigenvalue weighted by Gasteiger charge is -2.30.